The zero-order valence-corrected chi connectivity index (χ0v) is 12.8. The van der Waals surface area contributed by atoms with Crippen molar-refractivity contribution in [2.45, 2.75) is 19.4 Å². The molecule has 1 aliphatic heterocycles. The van der Waals surface area contributed by atoms with Crippen molar-refractivity contribution in [3.63, 3.8) is 0 Å². The third-order valence-corrected chi connectivity index (χ3v) is 4.66. The first-order chi connectivity index (χ1) is 10.9. The van der Waals surface area contributed by atoms with E-state index < -0.39 is 35.0 Å². The molecule has 0 saturated heterocycles. The van der Waals surface area contributed by atoms with E-state index in [1.807, 2.05) is 18.4 Å². The Kier molecular flexibility index (Phi) is 3.82. The number of benzene rings is 1. The van der Waals surface area contributed by atoms with Crippen LogP contribution in [0.15, 0.2) is 11.4 Å². The van der Waals surface area contributed by atoms with Crippen LogP contribution in [0, 0.1) is 35.7 Å². The maximum absolute atomic E-state index is 13.9. The lowest BCUT2D eigenvalue weighted by molar-refractivity contribution is 0.0756. The molecule has 0 radical (unpaired) electrons. The highest BCUT2D eigenvalue weighted by atomic mass is 32.1. The van der Waals surface area contributed by atoms with E-state index >= 15 is 0 Å². The Morgan fingerprint density at radius 1 is 1.39 bits per heavy atom. The molecule has 23 heavy (non-hydrogen) atoms. The van der Waals surface area contributed by atoms with Gasteiger partial charge < -0.3 is 4.90 Å². The molecule has 0 fully saturated rings. The number of rotatable bonds is 3. The van der Waals surface area contributed by atoms with Crippen molar-refractivity contribution in [2.24, 2.45) is 0 Å². The van der Waals surface area contributed by atoms with E-state index in [2.05, 4.69) is 4.98 Å². The van der Waals surface area contributed by atoms with Crippen LogP contribution in [0.5, 0.6) is 0 Å². The fraction of sp³-hybridized carbons (Fsp3) is 0.267. The van der Waals surface area contributed by atoms with E-state index in [1.54, 1.807) is 0 Å². The average Bonchev–Trinajstić information content (AvgIpc) is 3.04. The van der Waals surface area contributed by atoms with Crippen LogP contribution in [0.2, 0.25) is 0 Å². The number of hydrogen-bond donors (Lipinski definition) is 0. The fourth-order valence-electron chi connectivity index (χ4n) is 2.58. The van der Waals surface area contributed by atoms with Crippen LogP contribution in [0.1, 0.15) is 32.7 Å². The Bertz CT molecular complexity index is 843. The smallest absolute Gasteiger partial charge is 0.258 e. The van der Waals surface area contributed by atoms with Gasteiger partial charge in [0.15, 0.2) is 17.5 Å². The van der Waals surface area contributed by atoms with Crippen LogP contribution >= 0.6 is 11.3 Å². The molecule has 0 N–H and O–H groups in total. The Hall–Kier alpha value is -2.40. The minimum absolute atomic E-state index is 0.112. The van der Waals surface area contributed by atoms with E-state index in [-0.39, 0.29) is 12.1 Å². The standard InChI is InChI=1S/C15H10F3N3OS/c1-7-6-23-11(20-7)2-3-21-10(5-19)8-4-9(16)13(17)14(18)12(8)15(21)22/h4,6,10H,2-3H2,1H3. The van der Waals surface area contributed by atoms with Crippen molar-refractivity contribution in [3.05, 3.63) is 50.7 Å². The van der Waals surface area contributed by atoms with Gasteiger partial charge in [-0.1, -0.05) is 0 Å². The summed E-state index contributed by atoms with van der Waals surface area (Å²) in [5.74, 6) is -5.47. The quantitative estimate of drug-likeness (QED) is 0.809. The topological polar surface area (TPSA) is 57.0 Å². The number of fused-ring (bicyclic) bond motifs is 1. The molecule has 0 spiro atoms. The summed E-state index contributed by atoms with van der Waals surface area (Å²) in [5.41, 5.74) is 0.142. The van der Waals surface area contributed by atoms with Crippen molar-refractivity contribution < 1.29 is 18.0 Å². The van der Waals surface area contributed by atoms with Crippen molar-refractivity contribution >= 4 is 17.2 Å². The third-order valence-electron chi connectivity index (χ3n) is 3.63. The van der Waals surface area contributed by atoms with E-state index in [4.69, 9.17) is 0 Å². The number of amides is 1. The van der Waals surface area contributed by atoms with Crippen molar-refractivity contribution in [1.29, 1.82) is 5.26 Å². The lowest BCUT2D eigenvalue weighted by atomic mass is 10.0. The molecule has 1 aliphatic rings. The van der Waals surface area contributed by atoms with Gasteiger partial charge in [0.25, 0.3) is 5.91 Å². The number of nitriles is 1. The molecule has 118 valence electrons. The molecule has 1 unspecified atom stereocenters. The molecule has 4 nitrogen and oxygen atoms in total. The van der Waals surface area contributed by atoms with Gasteiger partial charge in [0.1, 0.15) is 6.04 Å². The van der Waals surface area contributed by atoms with Crippen LogP contribution in [-0.4, -0.2) is 22.3 Å². The SMILES string of the molecule is Cc1csc(CCN2C(=O)c3c(cc(F)c(F)c3F)C2C#N)n1. The van der Waals surface area contributed by atoms with Crippen LogP contribution in [0.3, 0.4) is 0 Å². The van der Waals surface area contributed by atoms with Gasteiger partial charge in [0.2, 0.25) is 0 Å². The molecule has 1 amide bonds. The Morgan fingerprint density at radius 2 is 2.13 bits per heavy atom. The van der Waals surface area contributed by atoms with Crippen LogP contribution in [0.25, 0.3) is 0 Å². The first-order valence-corrected chi connectivity index (χ1v) is 7.61. The number of nitrogens with zero attached hydrogens (tertiary/aromatic N) is 3. The first kappa shape index (κ1) is 15.5. The van der Waals surface area contributed by atoms with Gasteiger partial charge >= 0.3 is 0 Å². The van der Waals surface area contributed by atoms with Gasteiger partial charge in [0.05, 0.1) is 16.6 Å². The molecular formula is C15H10F3N3OS. The summed E-state index contributed by atoms with van der Waals surface area (Å²) in [5, 5.41) is 11.9. The number of carbonyl (C=O) groups is 1. The summed E-state index contributed by atoms with van der Waals surface area (Å²) in [6.07, 6.45) is 0.378. The van der Waals surface area contributed by atoms with Crippen LogP contribution in [-0.2, 0) is 6.42 Å². The van der Waals surface area contributed by atoms with Crippen LogP contribution < -0.4 is 0 Å². The zero-order chi connectivity index (χ0) is 16.7. The summed E-state index contributed by atoms with van der Waals surface area (Å²) in [6.45, 7) is 1.94. The Balaban J connectivity index is 1.93. The molecule has 0 bridgehead atoms. The summed E-state index contributed by atoms with van der Waals surface area (Å²) >= 11 is 1.41. The molecule has 8 heteroatoms. The molecule has 1 aromatic carbocycles. The predicted molar refractivity (Wildman–Crippen MR) is 76.3 cm³/mol. The number of halogens is 3. The maximum Gasteiger partial charge on any atom is 0.258 e. The van der Waals surface area contributed by atoms with E-state index in [0.717, 1.165) is 15.6 Å². The minimum Gasteiger partial charge on any atom is -0.318 e. The Morgan fingerprint density at radius 3 is 2.74 bits per heavy atom. The van der Waals surface area contributed by atoms with Gasteiger partial charge in [-0.25, -0.2) is 18.2 Å². The monoisotopic (exact) mass is 337 g/mol. The third kappa shape index (κ3) is 2.47. The second kappa shape index (κ2) is 5.66. The molecule has 1 aromatic heterocycles. The summed E-state index contributed by atoms with van der Waals surface area (Å²) in [4.78, 5) is 17.7. The second-order valence-electron chi connectivity index (χ2n) is 5.11. The average molecular weight is 337 g/mol. The Labute approximate surface area is 133 Å². The normalized spacial score (nSPS) is 16.6. The van der Waals surface area contributed by atoms with E-state index in [1.165, 1.54) is 11.3 Å². The lowest BCUT2D eigenvalue weighted by Crippen LogP contribution is -2.29. The molecule has 0 saturated carbocycles. The first-order valence-electron chi connectivity index (χ1n) is 6.73. The molecule has 2 aromatic rings. The van der Waals surface area contributed by atoms with Crippen molar-refractivity contribution in [2.75, 3.05) is 6.54 Å². The number of carbonyl (C=O) groups excluding carboxylic acids is 1. The van der Waals surface area contributed by atoms with E-state index in [9.17, 15) is 23.2 Å². The highest BCUT2D eigenvalue weighted by molar-refractivity contribution is 7.09. The zero-order valence-electron chi connectivity index (χ0n) is 11.9. The summed E-state index contributed by atoms with van der Waals surface area (Å²) in [7, 11) is 0. The van der Waals surface area contributed by atoms with E-state index in [0.29, 0.717) is 12.5 Å². The minimum atomic E-state index is -1.70. The second-order valence-corrected chi connectivity index (χ2v) is 6.06. The summed E-state index contributed by atoms with van der Waals surface area (Å²) < 4.78 is 40.6. The number of aromatic nitrogens is 1. The number of aryl methyl sites for hydroxylation is 1. The molecular weight excluding hydrogens is 327 g/mol. The summed E-state index contributed by atoms with van der Waals surface area (Å²) in [6, 6.07) is 1.43. The fourth-order valence-corrected chi connectivity index (χ4v) is 3.34. The largest absolute Gasteiger partial charge is 0.318 e. The highest BCUT2D eigenvalue weighted by Gasteiger charge is 2.41. The van der Waals surface area contributed by atoms with Crippen molar-refractivity contribution in [1.82, 2.24) is 9.88 Å². The lowest BCUT2D eigenvalue weighted by Gasteiger charge is -2.19. The molecule has 2 heterocycles. The van der Waals surface area contributed by atoms with Gasteiger partial charge in [-0.2, -0.15) is 5.26 Å². The van der Waals surface area contributed by atoms with Gasteiger partial charge in [0, 0.05) is 29.6 Å². The van der Waals surface area contributed by atoms with Gasteiger partial charge in [-0.15, -0.1) is 11.3 Å². The highest BCUT2D eigenvalue weighted by Crippen LogP contribution is 2.36. The number of hydrogen-bond acceptors (Lipinski definition) is 4. The predicted octanol–water partition coefficient (Wildman–Crippen LogP) is 3.13. The van der Waals surface area contributed by atoms with Gasteiger partial charge in [-0.05, 0) is 13.0 Å². The molecule has 3 rings (SSSR count). The van der Waals surface area contributed by atoms with Crippen LogP contribution in [0.4, 0.5) is 13.2 Å². The van der Waals surface area contributed by atoms with Crippen molar-refractivity contribution in [3.8, 4) is 6.07 Å². The molecule has 1 atom stereocenters. The maximum atomic E-state index is 13.9. The van der Waals surface area contributed by atoms with Gasteiger partial charge in [-0.3, -0.25) is 4.79 Å². The molecule has 0 aliphatic carbocycles. The number of thiazole rings is 1.